The molecule has 1 rings (SSSR count). The molecule has 0 saturated carbocycles. The maximum absolute atomic E-state index is 14.2. The lowest BCUT2D eigenvalue weighted by molar-refractivity contribution is -0.144. The summed E-state index contributed by atoms with van der Waals surface area (Å²) in [5.74, 6) is -7.44. The van der Waals surface area contributed by atoms with Gasteiger partial charge in [0.05, 0.1) is 19.2 Å². The van der Waals surface area contributed by atoms with Crippen molar-refractivity contribution in [3.63, 3.8) is 0 Å². The second-order valence-corrected chi connectivity index (χ2v) is 19.1. The van der Waals surface area contributed by atoms with Gasteiger partial charge in [-0.3, -0.25) is 52.9 Å². The Morgan fingerprint density at radius 1 is 0.746 bits per heavy atom. The first kappa shape index (κ1) is 62.9. The number of nitrogens with two attached hydrogens (primary N) is 2. The standard InChI is InChI=1S/C47H85N13O11/c1-13-18-31(40(65)56-38(28(8)14-2)43(68)54-32(19-16-21-51-47(48)49)45(70)60-22-17-20-33(60)41(66)50-15-3)53-44(69)39(29(9)61)57-42(67)34(23-26(4)5)59(12)46(71)37(27(6)7)55-35(63)24-52-36(64)25-58(11)30(10)62/h26-29,31-34,37-39,61H,13-25H2,1-12H3,(H,50,66)(H,52,64)(H,53,69)(H,54,68)(H,55,63)(H,56,65)(H,57,67)(H4,48,49,51)/t28-,29?,31-,32-,33-,34+,37-,38-,39-/m0/s1. The minimum atomic E-state index is -1.62. The maximum atomic E-state index is 14.2. The molecule has 0 aliphatic carbocycles. The van der Waals surface area contributed by atoms with Crippen LogP contribution >= 0.6 is 0 Å². The molecule has 1 saturated heterocycles. The van der Waals surface area contributed by atoms with Crippen LogP contribution in [-0.2, 0) is 47.9 Å². The molecule has 404 valence electrons. The van der Waals surface area contributed by atoms with Crippen LogP contribution in [0, 0.1) is 17.8 Å². The molecule has 0 aromatic rings. The number of hydrogen-bond acceptors (Lipinski definition) is 12. The van der Waals surface area contributed by atoms with Gasteiger partial charge in [-0.15, -0.1) is 0 Å². The first-order valence-electron chi connectivity index (χ1n) is 24.8. The summed E-state index contributed by atoms with van der Waals surface area (Å²) in [5, 5.41) is 29.4. The molecule has 9 atom stereocenters. The number of amides is 10. The first-order valence-corrected chi connectivity index (χ1v) is 24.8. The van der Waals surface area contributed by atoms with Gasteiger partial charge in [-0.05, 0) is 70.1 Å². The molecule has 0 bridgehead atoms. The topological polar surface area (TPSA) is 349 Å². The summed E-state index contributed by atoms with van der Waals surface area (Å²) >= 11 is 0. The van der Waals surface area contributed by atoms with Gasteiger partial charge in [0.1, 0.15) is 42.3 Å². The molecule has 0 aromatic heterocycles. The summed E-state index contributed by atoms with van der Waals surface area (Å²) in [6.45, 7) is 16.7. The lowest BCUT2D eigenvalue weighted by Gasteiger charge is -2.34. The predicted octanol–water partition coefficient (Wildman–Crippen LogP) is -2.06. The fourth-order valence-corrected chi connectivity index (χ4v) is 7.81. The van der Waals surface area contributed by atoms with E-state index in [9.17, 15) is 53.1 Å². The Kier molecular flexibility index (Phi) is 27.8. The second-order valence-electron chi connectivity index (χ2n) is 19.1. The number of likely N-dealkylation sites (tertiary alicyclic amines) is 1. The quantitative estimate of drug-likeness (QED) is 0.0211. The molecule has 1 aliphatic heterocycles. The van der Waals surface area contributed by atoms with Crippen LogP contribution in [0.3, 0.4) is 0 Å². The highest BCUT2D eigenvalue weighted by Gasteiger charge is 2.40. The summed E-state index contributed by atoms with van der Waals surface area (Å²) in [4.78, 5) is 142. The number of aliphatic hydroxyl groups is 1. The third-order valence-corrected chi connectivity index (χ3v) is 12.2. The van der Waals surface area contributed by atoms with Gasteiger partial charge >= 0.3 is 0 Å². The molecular formula is C47H85N13O11. The highest BCUT2D eigenvalue weighted by molar-refractivity contribution is 5.98. The van der Waals surface area contributed by atoms with Gasteiger partial charge < -0.3 is 68.5 Å². The van der Waals surface area contributed by atoms with Gasteiger partial charge in [0.15, 0.2) is 5.96 Å². The fourth-order valence-electron chi connectivity index (χ4n) is 7.81. The monoisotopic (exact) mass is 1010 g/mol. The second kappa shape index (κ2) is 31.3. The minimum absolute atomic E-state index is 0.0869. The zero-order valence-electron chi connectivity index (χ0n) is 44.0. The van der Waals surface area contributed by atoms with Crippen LogP contribution in [0.4, 0.5) is 0 Å². The third-order valence-electron chi connectivity index (χ3n) is 12.2. The number of carbonyl (C=O) groups is 10. The molecule has 0 radical (unpaired) electrons. The van der Waals surface area contributed by atoms with E-state index in [0.717, 1.165) is 9.80 Å². The summed E-state index contributed by atoms with van der Waals surface area (Å²) in [6.07, 6.45) is 0.955. The zero-order valence-corrected chi connectivity index (χ0v) is 44.0. The zero-order chi connectivity index (χ0) is 54.3. The van der Waals surface area contributed by atoms with E-state index in [-0.39, 0.29) is 56.0 Å². The molecular weight excluding hydrogens is 923 g/mol. The lowest BCUT2D eigenvalue weighted by atomic mass is 9.96. The van der Waals surface area contributed by atoms with Crippen LogP contribution in [0.2, 0.25) is 0 Å². The number of aliphatic imine (C=N–C) groups is 1. The van der Waals surface area contributed by atoms with Crippen molar-refractivity contribution in [1.82, 2.24) is 51.9 Å². The smallest absolute Gasteiger partial charge is 0.245 e. The van der Waals surface area contributed by atoms with Crippen molar-refractivity contribution in [3.8, 4) is 0 Å². The van der Waals surface area contributed by atoms with Gasteiger partial charge in [0.2, 0.25) is 59.1 Å². The Morgan fingerprint density at radius 3 is 1.89 bits per heavy atom. The van der Waals surface area contributed by atoms with Crippen LogP contribution in [0.1, 0.15) is 121 Å². The van der Waals surface area contributed by atoms with Gasteiger partial charge in [-0.1, -0.05) is 61.3 Å². The Balaban J connectivity index is 3.35. The van der Waals surface area contributed by atoms with Crippen LogP contribution in [0.15, 0.2) is 4.99 Å². The van der Waals surface area contributed by atoms with E-state index in [1.165, 1.54) is 32.8 Å². The predicted molar refractivity (Wildman–Crippen MR) is 266 cm³/mol. The van der Waals surface area contributed by atoms with E-state index in [2.05, 4.69) is 42.2 Å². The highest BCUT2D eigenvalue weighted by Crippen LogP contribution is 2.21. The van der Waals surface area contributed by atoms with Crippen LogP contribution < -0.4 is 48.7 Å². The Morgan fingerprint density at radius 2 is 1.35 bits per heavy atom. The van der Waals surface area contributed by atoms with E-state index in [0.29, 0.717) is 45.2 Å². The number of rotatable bonds is 30. The maximum Gasteiger partial charge on any atom is 0.245 e. The third kappa shape index (κ3) is 21.0. The number of guanidine groups is 1. The van der Waals surface area contributed by atoms with Crippen molar-refractivity contribution in [2.75, 3.05) is 46.8 Å². The van der Waals surface area contributed by atoms with Crippen LogP contribution in [0.5, 0.6) is 0 Å². The minimum Gasteiger partial charge on any atom is -0.391 e. The number of nitrogens with one attached hydrogen (secondary N) is 7. The van der Waals surface area contributed by atoms with E-state index in [1.54, 1.807) is 34.6 Å². The summed E-state index contributed by atoms with van der Waals surface area (Å²) in [6, 6.07) is -8.23. The summed E-state index contributed by atoms with van der Waals surface area (Å²) in [5.41, 5.74) is 11.0. The van der Waals surface area contributed by atoms with Gasteiger partial charge in [0.25, 0.3) is 0 Å². The number of likely N-dealkylation sites (N-methyl/N-ethyl adjacent to an activating group) is 3. The molecule has 10 amide bonds. The molecule has 0 aromatic carbocycles. The Hall–Kier alpha value is -6.07. The van der Waals surface area contributed by atoms with Crippen molar-refractivity contribution in [2.24, 2.45) is 34.2 Å². The number of carbonyl (C=O) groups excluding carboxylic acids is 10. The number of hydrogen-bond donors (Lipinski definition) is 10. The van der Waals surface area contributed by atoms with Crippen molar-refractivity contribution in [1.29, 1.82) is 0 Å². The van der Waals surface area contributed by atoms with Crippen molar-refractivity contribution in [2.45, 2.75) is 169 Å². The fraction of sp³-hybridized carbons (Fsp3) is 0.766. The van der Waals surface area contributed by atoms with Crippen LogP contribution in [0.25, 0.3) is 0 Å². The molecule has 24 nitrogen and oxygen atoms in total. The average Bonchev–Trinajstić information content (AvgIpc) is 3.80. The summed E-state index contributed by atoms with van der Waals surface area (Å²) in [7, 11) is 2.80. The van der Waals surface area contributed by atoms with Crippen molar-refractivity contribution in [3.05, 3.63) is 0 Å². The molecule has 1 aliphatic rings. The molecule has 1 fully saturated rings. The number of aliphatic hydroxyl groups excluding tert-OH is 1. The SMILES string of the molecule is CCC[C@H](NC(=O)[C@@H](NC(=O)[C@@H](CC(C)C)N(C)C(=O)[C@@H](NC(=O)CNC(=O)CN(C)C(C)=O)C(C)C)C(C)O)C(=O)N[C@H](C(=O)N[C@@H](CCCN=C(N)N)C(=O)N1CCC[C@H]1C(=O)NCC)[C@@H](C)CC. The molecule has 1 heterocycles. The van der Waals surface area contributed by atoms with Crippen molar-refractivity contribution >= 4 is 65.0 Å². The molecule has 12 N–H and O–H groups in total. The van der Waals surface area contributed by atoms with E-state index in [1.807, 2.05) is 20.8 Å². The number of nitrogens with zero attached hydrogens (tertiary/aromatic N) is 4. The van der Waals surface area contributed by atoms with Crippen LogP contribution in [-0.4, -0.2) is 180 Å². The van der Waals surface area contributed by atoms with Gasteiger partial charge in [-0.2, -0.15) is 0 Å². The molecule has 1 unspecified atom stereocenters. The van der Waals surface area contributed by atoms with E-state index < -0.39 is 114 Å². The Labute approximate surface area is 419 Å². The highest BCUT2D eigenvalue weighted by atomic mass is 16.3. The first-order chi connectivity index (χ1) is 33.2. The lowest BCUT2D eigenvalue weighted by Crippen LogP contribution is -2.62. The van der Waals surface area contributed by atoms with Gasteiger partial charge in [-0.25, -0.2) is 0 Å². The van der Waals surface area contributed by atoms with Gasteiger partial charge in [0, 0.05) is 40.7 Å². The molecule has 24 heteroatoms. The Bertz CT molecular complexity index is 1860. The summed E-state index contributed by atoms with van der Waals surface area (Å²) < 4.78 is 0. The average molecular weight is 1010 g/mol. The van der Waals surface area contributed by atoms with E-state index in [4.69, 9.17) is 11.5 Å². The normalized spacial score (nSPS) is 16.7. The molecule has 71 heavy (non-hydrogen) atoms. The largest absolute Gasteiger partial charge is 0.391 e. The van der Waals surface area contributed by atoms with Crippen molar-refractivity contribution < 1.29 is 53.1 Å². The molecule has 0 spiro atoms. The van der Waals surface area contributed by atoms with E-state index >= 15 is 0 Å².